The van der Waals surface area contributed by atoms with Gasteiger partial charge in [0.1, 0.15) is 0 Å². The molecule has 0 aliphatic rings. The average Bonchev–Trinajstić information content (AvgIpc) is 2.19. The first-order chi connectivity index (χ1) is 6.36. The van der Waals surface area contributed by atoms with Gasteiger partial charge in [-0.25, -0.2) is 0 Å². The molecule has 0 saturated heterocycles. The lowest BCUT2D eigenvalue weighted by molar-refractivity contribution is 1.14. The van der Waals surface area contributed by atoms with Gasteiger partial charge in [-0.05, 0) is 24.0 Å². The first kappa shape index (κ1) is 10.3. The van der Waals surface area contributed by atoms with Crippen molar-refractivity contribution in [2.45, 2.75) is 19.8 Å². The first-order valence-electron chi connectivity index (χ1n) is 4.68. The molecule has 0 bridgehead atoms. The number of hydrogen-bond acceptors (Lipinski definition) is 0. The maximum Gasteiger partial charge on any atom is 0.0258 e. The van der Waals surface area contributed by atoms with Crippen LogP contribution in [0.4, 0.5) is 0 Å². The molecule has 0 N–H and O–H groups in total. The molecular weight excluding hydrogens is 180 g/mol. The fraction of sp³-hybridized carbons (Fsp3) is 0.333. The summed E-state index contributed by atoms with van der Waals surface area (Å²) in [5.74, 6) is 0.698. The van der Waals surface area contributed by atoms with Crippen molar-refractivity contribution in [2.24, 2.45) is 0 Å². The average molecular weight is 195 g/mol. The van der Waals surface area contributed by atoms with Crippen LogP contribution < -0.4 is 0 Å². The number of allylic oxidation sites excluding steroid dienone is 1. The van der Waals surface area contributed by atoms with E-state index in [1.165, 1.54) is 11.1 Å². The molecule has 1 rings (SSSR count). The quantitative estimate of drug-likeness (QED) is 0.638. The van der Waals surface area contributed by atoms with E-state index in [2.05, 4.69) is 43.3 Å². The molecule has 0 heterocycles. The lowest BCUT2D eigenvalue weighted by atomic mass is 10.1. The van der Waals surface area contributed by atoms with E-state index < -0.39 is 0 Å². The molecular formula is C12H15Cl. The summed E-state index contributed by atoms with van der Waals surface area (Å²) in [6.07, 6.45) is 6.28. The van der Waals surface area contributed by atoms with Crippen LogP contribution in [0.5, 0.6) is 0 Å². The molecule has 0 spiro atoms. The number of halogens is 1. The number of alkyl halides is 1. The van der Waals surface area contributed by atoms with Gasteiger partial charge >= 0.3 is 0 Å². The lowest BCUT2D eigenvalue weighted by Crippen LogP contribution is -1.80. The smallest absolute Gasteiger partial charge is 0.0258 e. The van der Waals surface area contributed by atoms with E-state index in [4.69, 9.17) is 11.6 Å². The Morgan fingerprint density at radius 2 is 2.23 bits per heavy atom. The number of rotatable bonds is 4. The molecule has 0 aromatic heterocycles. The van der Waals surface area contributed by atoms with Gasteiger partial charge in [0.2, 0.25) is 0 Å². The number of benzene rings is 1. The molecule has 0 aliphatic carbocycles. The van der Waals surface area contributed by atoms with Crippen LogP contribution in [0, 0.1) is 0 Å². The third kappa shape index (κ3) is 3.65. The van der Waals surface area contributed by atoms with E-state index in [0.29, 0.717) is 5.88 Å². The van der Waals surface area contributed by atoms with Crippen molar-refractivity contribution in [1.29, 1.82) is 0 Å². The normalized spacial score (nSPS) is 10.9. The third-order valence-corrected chi connectivity index (χ3v) is 2.16. The molecule has 0 unspecified atom stereocenters. The molecule has 0 radical (unpaired) electrons. The van der Waals surface area contributed by atoms with Crippen molar-refractivity contribution < 1.29 is 0 Å². The van der Waals surface area contributed by atoms with Crippen molar-refractivity contribution in [2.75, 3.05) is 5.88 Å². The van der Waals surface area contributed by atoms with Crippen LogP contribution in [0.1, 0.15) is 24.5 Å². The molecule has 13 heavy (non-hydrogen) atoms. The highest BCUT2D eigenvalue weighted by molar-refractivity contribution is 6.17. The van der Waals surface area contributed by atoms with Crippen molar-refractivity contribution in [3.8, 4) is 0 Å². The van der Waals surface area contributed by atoms with E-state index >= 15 is 0 Å². The summed E-state index contributed by atoms with van der Waals surface area (Å²) in [6.45, 7) is 2.17. The summed E-state index contributed by atoms with van der Waals surface area (Å²) in [5, 5.41) is 0. The van der Waals surface area contributed by atoms with Crippen molar-refractivity contribution in [3.05, 3.63) is 41.5 Å². The summed E-state index contributed by atoms with van der Waals surface area (Å²) in [4.78, 5) is 0. The highest BCUT2D eigenvalue weighted by Crippen LogP contribution is 2.08. The molecule has 0 aliphatic heterocycles. The van der Waals surface area contributed by atoms with Gasteiger partial charge in [-0.3, -0.25) is 0 Å². The van der Waals surface area contributed by atoms with E-state index in [0.717, 1.165) is 12.8 Å². The standard InChI is InChI=1S/C12H15Cl/c1-2-11-7-5-8-12(10-11)6-3-4-9-13/h3,5-8,10H,2,4,9H2,1H3. The van der Waals surface area contributed by atoms with Gasteiger partial charge < -0.3 is 0 Å². The summed E-state index contributed by atoms with van der Waals surface area (Å²) < 4.78 is 0. The molecule has 0 nitrogen and oxygen atoms in total. The zero-order valence-corrected chi connectivity index (χ0v) is 8.72. The van der Waals surface area contributed by atoms with Crippen LogP contribution in [0.25, 0.3) is 6.08 Å². The Morgan fingerprint density at radius 3 is 2.92 bits per heavy atom. The SMILES string of the molecule is CCc1cccc(C=CCCCl)c1. The molecule has 0 atom stereocenters. The Bertz CT molecular complexity index is 276. The first-order valence-corrected chi connectivity index (χ1v) is 5.21. The largest absolute Gasteiger partial charge is 0.126 e. The Morgan fingerprint density at radius 1 is 1.38 bits per heavy atom. The Labute approximate surface area is 85.2 Å². The Hall–Kier alpha value is -0.750. The molecule has 0 fully saturated rings. The van der Waals surface area contributed by atoms with Gasteiger partial charge in [-0.15, -0.1) is 11.6 Å². The molecule has 0 amide bonds. The minimum absolute atomic E-state index is 0.698. The second-order valence-electron chi connectivity index (χ2n) is 2.98. The monoisotopic (exact) mass is 194 g/mol. The van der Waals surface area contributed by atoms with Gasteiger partial charge in [-0.2, -0.15) is 0 Å². The second-order valence-corrected chi connectivity index (χ2v) is 3.36. The maximum absolute atomic E-state index is 5.58. The van der Waals surface area contributed by atoms with E-state index in [-0.39, 0.29) is 0 Å². The fourth-order valence-electron chi connectivity index (χ4n) is 1.20. The summed E-state index contributed by atoms with van der Waals surface area (Å²) >= 11 is 5.58. The van der Waals surface area contributed by atoms with Crippen LogP contribution in [-0.2, 0) is 6.42 Å². The van der Waals surface area contributed by atoms with Crippen molar-refractivity contribution in [1.82, 2.24) is 0 Å². The molecule has 1 aromatic rings. The van der Waals surface area contributed by atoms with Gasteiger partial charge in [0.05, 0.1) is 0 Å². The molecule has 1 aromatic carbocycles. The van der Waals surface area contributed by atoms with Crippen LogP contribution in [0.2, 0.25) is 0 Å². The third-order valence-electron chi connectivity index (χ3n) is 1.95. The van der Waals surface area contributed by atoms with Crippen LogP contribution >= 0.6 is 11.6 Å². The van der Waals surface area contributed by atoms with Gasteiger partial charge in [0.15, 0.2) is 0 Å². The Kier molecular flexibility index (Phi) is 4.63. The minimum Gasteiger partial charge on any atom is -0.126 e. The van der Waals surface area contributed by atoms with Crippen molar-refractivity contribution >= 4 is 17.7 Å². The van der Waals surface area contributed by atoms with Gasteiger partial charge in [0, 0.05) is 5.88 Å². The van der Waals surface area contributed by atoms with E-state index in [1.807, 2.05) is 0 Å². The summed E-state index contributed by atoms with van der Waals surface area (Å²) in [6, 6.07) is 8.58. The van der Waals surface area contributed by atoms with Crippen molar-refractivity contribution in [3.63, 3.8) is 0 Å². The van der Waals surface area contributed by atoms with Gasteiger partial charge in [-0.1, -0.05) is 43.3 Å². The summed E-state index contributed by atoms with van der Waals surface area (Å²) in [7, 11) is 0. The van der Waals surface area contributed by atoms with Crippen LogP contribution in [0.3, 0.4) is 0 Å². The predicted octanol–water partition coefficient (Wildman–Crippen LogP) is 3.89. The highest BCUT2D eigenvalue weighted by Gasteiger charge is 1.89. The number of hydrogen-bond donors (Lipinski definition) is 0. The number of aryl methyl sites for hydroxylation is 1. The molecule has 0 saturated carbocycles. The minimum atomic E-state index is 0.698. The highest BCUT2D eigenvalue weighted by atomic mass is 35.5. The van der Waals surface area contributed by atoms with Crippen LogP contribution in [-0.4, -0.2) is 5.88 Å². The topological polar surface area (TPSA) is 0 Å². The Balaban J connectivity index is 2.66. The zero-order valence-electron chi connectivity index (χ0n) is 7.96. The maximum atomic E-state index is 5.58. The fourth-order valence-corrected chi connectivity index (χ4v) is 1.33. The van der Waals surface area contributed by atoms with E-state index in [1.54, 1.807) is 0 Å². The lowest BCUT2D eigenvalue weighted by Gasteiger charge is -1.97. The van der Waals surface area contributed by atoms with E-state index in [9.17, 15) is 0 Å². The second kappa shape index (κ2) is 5.82. The molecule has 70 valence electrons. The van der Waals surface area contributed by atoms with Crippen LogP contribution in [0.15, 0.2) is 30.3 Å². The molecule has 1 heteroatoms. The summed E-state index contributed by atoms with van der Waals surface area (Å²) in [5.41, 5.74) is 2.65. The van der Waals surface area contributed by atoms with Gasteiger partial charge in [0.25, 0.3) is 0 Å². The zero-order chi connectivity index (χ0) is 9.52. The predicted molar refractivity (Wildman–Crippen MR) is 60.2 cm³/mol.